The molecule has 3 aromatic rings. The van der Waals surface area contributed by atoms with Crippen molar-refractivity contribution in [3.8, 4) is 0 Å². The highest BCUT2D eigenvalue weighted by Crippen LogP contribution is 2.16. The lowest BCUT2D eigenvalue weighted by Gasteiger charge is -2.19. The summed E-state index contributed by atoms with van der Waals surface area (Å²) < 4.78 is 15.0. The van der Waals surface area contributed by atoms with Crippen LogP contribution in [0.2, 0.25) is 0 Å². The number of aromatic nitrogens is 2. The Kier molecular flexibility index (Phi) is 3.42. The Morgan fingerprint density at radius 2 is 1.71 bits per heavy atom. The summed E-state index contributed by atoms with van der Waals surface area (Å²) in [6.45, 7) is 0.498. The van der Waals surface area contributed by atoms with Crippen LogP contribution in [0, 0.1) is 0 Å². The number of amides is 1. The number of carbonyl (C=O) groups excluding carboxylic acids is 1. The molecule has 3 aromatic heterocycles. The maximum absolute atomic E-state index is 12.5. The van der Waals surface area contributed by atoms with Crippen LogP contribution in [0.5, 0.6) is 0 Å². The predicted molar refractivity (Wildman–Crippen MR) is 69.7 cm³/mol. The van der Waals surface area contributed by atoms with Crippen molar-refractivity contribution < 1.29 is 18.3 Å². The van der Waals surface area contributed by atoms with Crippen molar-refractivity contribution in [2.75, 3.05) is 5.73 Å². The minimum absolute atomic E-state index is 0.0342. The van der Waals surface area contributed by atoms with Gasteiger partial charge in [-0.15, -0.1) is 0 Å². The van der Waals surface area contributed by atoms with Gasteiger partial charge in [0, 0.05) is 0 Å². The zero-order chi connectivity index (χ0) is 14.7. The minimum atomic E-state index is -0.415. The SMILES string of the molecule is Nc1nonc1C(=O)N(Cc1ccco1)Cc1ccco1. The van der Waals surface area contributed by atoms with Crippen LogP contribution in [0.1, 0.15) is 22.0 Å². The second-order valence-corrected chi connectivity index (χ2v) is 4.32. The van der Waals surface area contributed by atoms with Gasteiger partial charge in [-0.25, -0.2) is 4.63 Å². The van der Waals surface area contributed by atoms with Crippen LogP contribution in [-0.4, -0.2) is 21.1 Å². The van der Waals surface area contributed by atoms with E-state index in [0.717, 1.165) is 0 Å². The predicted octanol–water partition coefficient (Wildman–Crippen LogP) is 1.68. The molecule has 0 saturated carbocycles. The molecule has 0 saturated heterocycles. The van der Waals surface area contributed by atoms with E-state index in [1.54, 1.807) is 24.3 Å². The number of hydrogen-bond donors (Lipinski definition) is 1. The molecule has 0 fully saturated rings. The molecule has 3 rings (SSSR count). The standard InChI is InChI=1S/C13H12N4O4/c14-12-11(15-21-16-12)13(18)17(7-9-3-1-5-19-9)8-10-4-2-6-20-10/h1-6H,7-8H2,(H2,14,16). The number of hydrogen-bond acceptors (Lipinski definition) is 7. The van der Waals surface area contributed by atoms with Gasteiger partial charge in [0.25, 0.3) is 5.91 Å². The quantitative estimate of drug-likeness (QED) is 0.760. The molecule has 0 aliphatic carbocycles. The Morgan fingerprint density at radius 3 is 2.14 bits per heavy atom. The van der Waals surface area contributed by atoms with Crippen LogP contribution in [0.3, 0.4) is 0 Å². The fourth-order valence-electron chi connectivity index (χ4n) is 1.87. The molecule has 8 heteroatoms. The molecule has 0 spiro atoms. The van der Waals surface area contributed by atoms with Gasteiger partial charge in [0.2, 0.25) is 11.5 Å². The van der Waals surface area contributed by atoms with Crippen LogP contribution >= 0.6 is 0 Å². The molecule has 0 bridgehead atoms. The highest BCUT2D eigenvalue weighted by molar-refractivity contribution is 5.95. The molecule has 8 nitrogen and oxygen atoms in total. The lowest BCUT2D eigenvalue weighted by atomic mass is 10.3. The Morgan fingerprint density at radius 1 is 1.10 bits per heavy atom. The Hall–Kier alpha value is -3.03. The molecule has 21 heavy (non-hydrogen) atoms. The van der Waals surface area contributed by atoms with Crippen molar-refractivity contribution in [3.63, 3.8) is 0 Å². The van der Waals surface area contributed by atoms with Gasteiger partial charge in [-0.1, -0.05) is 0 Å². The summed E-state index contributed by atoms with van der Waals surface area (Å²) in [5, 5.41) is 6.94. The number of carbonyl (C=O) groups is 1. The molecule has 3 heterocycles. The summed E-state index contributed by atoms with van der Waals surface area (Å²) >= 11 is 0. The summed E-state index contributed by atoms with van der Waals surface area (Å²) in [5.41, 5.74) is 5.53. The van der Waals surface area contributed by atoms with Crippen LogP contribution in [-0.2, 0) is 13.1 Å². The third-order valence-corrected chi connectivity index (χ3v) is 2.86. The molecule has 108 valence electrons. The smallest absolute Gasteiger partial charge is 0.280 e. The molecule has 0 aliphatic heterocycles. The maximum atomic E-state index is 12.5. The van der Waals surface area contributed by atoms with Crippen LogP contribution in [0.4, 0.5) is 5.82 Å². The van der Waals surface area contributed by atoms with Crippen molar-refractivity contribution in [1.82, 2.24) is 15.2 Å². The molecular weight excluding hydrogens is 276 g/mol. The molecular formula is C13H12N4O4. The molecule has 0 atom stereocenters. The summed E-state index contributed by atoms with van der Waals surface area (Å²) in [4.78, 5) is 14.0. The third-order valence-electron chi connectivity index (χ3n) is 2.86. The van der Waals surface area contributed by atoms with Crippen molar-refractivity contribution >= 4 is 11.7 Å². The first kappa shape index (κ1) is 13.0. The first-order chi connectivity index (χ1) is 10.2. The van der Waals surface area contributed by atoms with Gasteiger partial charge in [-0.3, -0.25) is 4.79 Å². The molecule has 1 amide bonds. The van der Waals surface area contributed by atoms with Gasteiger partial charge < -0.3 is 19.5 Å². The monoisotopic (exact) mass is 288 g/mol. The fraction of sp³-hybridized carbons (Fsp3) is 0.154. The van der Waals surface area contributed by atoms with E-state index in [9.17, 15) is 4.79 Å². The summed E-state index contributed by atoms with van der Waals surface area (Å²) in [6.07, 6.45) is 3.08. The summed E-state index contributed by atoms with van der Waals surface area (Å²) in [7, 11) is 0. The van der Waals surface area contributed by atoms with Gasteiger partial charge in [0.15, 0.2) is 0 Å². The Balaban J connectivity index is 1.84. The molecule has 0 aromatic carbocycles. The van der Waals surface area contributed by atoms with E-state index in [2.05, 4.69) is 14.9 Å². The zero-order valence-corrected chi connectivity index (χ0v) is 10.9. The van der Waals surface area contributed by atoms with E-state index in [1.165, 1.54) is 17.4 Å². The zero-order valence-electron chi connectivity index (χ0n) is 10.9. The third kappa shape index (κ3) is 2.78. The molecule has 0 aliphatic rings. The van der Waals surface area contributed by atoms with Gasteiger partial charge in [0.05, 0.1) is 25.6 Å². The average Bonchev–Trinajstić information content (AvgIpc) is 3.19. The molecule has 2 N–H and O–H groups in total. The first-order valence-electron chi connectivity index (χ1n) is 6.16. The largest absolute Gasteiger partial charge is 0.467 e. The average molecular weight is 288 g/mol. The van der Waals surface area contributed by atoms with Crippen molar-refractivity contribution in [2.45, 2.75) is 13.1 Å². The van der Waals surface area contributed by atoms with Crippen molar-refractivity contribution in [2.24, 2.45) is 0 Å². The Bertz CT molecular complexity index is 666. The summed E-state index contributed by atoms with van der Waals surface area (Å²) in [6, 6.07) is 7.04. The number of nitrogens with zero attached hydrogens (tertiary/aromatic N) is 3. The Labute approximate surface area is 119 Å². The number of nitrogen functional groups attached to an aromatic ring is 1. The fourth-order valence-corrected chi connectivity index (χ4v) is 1.87. The van der Waals surface area contributed by atoms with Crippen LogP contribution in [0.15, 0.2) is 50.3 Å². The van der Waals surface area contributed by atoms with Gasteiger partial charge in [-0.2, -0.15) is 0 Å². The van der Waals surface area contributed by atoms with Crippen LogP contribution in [0.25, 0.3) is 0 Å². The van der Waals surface area contributed by atoms with Gasteiger partial charge in [0.1, 0.15) is 11.5 Å². The first-order valence-corrected chi connectivity index (χ1v) is 6.16. The number of furan rings is 2. The maximum Gasteiger partial charge on any atom is 0.280 e. The van der Waals surface area contributed by atoms with E-state index in [1.807, 2.05) is 0 Å². The second kappa shape index (κ2) is 5.53. The second-order valence-electron chi connectivity index (χ2n) is 4.32. The number of rotatable bonds is 5. The van der Waals surface area contributed by atoms with Crippen molar-refractivity contribution in [1.29, 1.82) is 0 Å². The highest BCUT2D eigenvalue weighted by atomic mass is 16.6. The van der Waals surface area contributed by atoms with E-state index in [-0.39, 0.29) is 24.6 Å². The van der Waals surface area contributed by atoms with E-state index in [4.69, 9.17) is 14.6 Å². The van der Waals surface area contributed by atoms with E-state index < -0.39 is 5.91 Å². The lowest BCUT2D eigenvalue weighted by molar-refractivity contribution is 0.0694. The lowest BCUT2D eigenvalue weighted by Crippen LogP contribution is -2.30. The minimum Gasteiger partial charge on any atom is -0.467 e. The number of nitrogens with two attached hydrogens (primary N) is 1. The van der Waals surface area contributed by atoms with Gasteiger partial charge in [-0.05, 0) is 34.6 Å². The van der Waals surface area contributed by atoms with Gasteiger partial charge >= 0.3 is 0 Å². The van der Waals surface area contributed by atoms with E-state index in [0.29, 0.717) is 11.5 Å². The molecule has 0 unspecified atom stereocenters. The highest BCUT2D eigenvalue weighted by Gasteiger charge is 2.24. The molecule has 0 radical (unpaired) electrons. The van der Waals surface area contributed by atoms with E-state index >= 15 is 0 Å². The number of anilines is 1. The van der Waals surface area contributed by atoms with Crippen LogP contribution < -0.4 is 5.73 Å². The summed E-state index contributed by atoms with van der Waals surface area (Å²) in [5.74, 6) is 0.792. The normalized spacial score (nSPS) is 10.7. The topological polar surface area (TPSA) is 112 Å². The van der Waals surface area contributed by atoms with Crippen molar-refractivity contribution in [3.05, 3.63) is 54.0 Å².